The van der Waals surface area contributed by atoms with E-state index in [-0.39, 0.29) is 12.2 Å². The molecule has 9 heteroatoms. The van der Waals surface area contributed by atoms with E-state index >= 15 is 0 Å². The second-order valence-corrected chi connectivity index (χ2v) is 10.4. The molecule has 0 unspecified atom stereocenters. The van der Waals surface area contributed by atoms with Crippen LogP contribution in [0.1, 0.15) is 29.7 Å². The minimum absolute atomic E-state index is 0.0439. The first-order chi connectivity index (χ1) is 20.4. The van der Waals surface area contributed by atoms with Crippen LogP contribution in [0.25, 0.3) is 6.08 Å². The molecule has 3 aromatic carbocycles. The minimum Gasteiger partial charge on any atom is -0.497 e. The van der Waals surface area contributed by atoms with Gasteiger partial charge in [0.05, 0.1) is 36.1 Å². The molecule has 0 radical (unpaired) electrons. The molecule has 5 rings (SSSR count). The summed E-state index contributed by atoms with van der Waals surface area (Å²) in [7, 11) is 3.16. The van der Waals surface area contributed by atoms with Gasteiger partial charge in [-0.25, -0.2) is 9.79 Å². The van der Waals surface area contributed by atoms with Crippen molar-refractivity contribution in [3.8, 4) is 17.2 Å². The molecular weight excluding hydrogens is 552 g/mol. The molecule has 0 bridgehead atoms. The van der Waals surface area contributed by atoms with Crippen LogP contribution in [0.5, 0.6) is 17.2 Å². The van der Waals surface area contributed by atoms with E-state index in [4.69, 9.17) is 18.9 Å². The number of allylic oxidation sites excluding steroid dienone is 1. The number of nitrogens with zero attached hydrogens (tertiary/aromatic N) is 2. The molecule has 0 fully saturated rings. The monoisotopic (exact) mass is 582 g/mol. The third kappa shape index (κ3) is 5.91. The zero-order valence-electron chi connectivity index (χ0n) is 23.5. The molecule has 42 heavy (non-hydrogen) atoms. The smallest absolute Gasteiger partial charge is 0.338 e. The Morgan fingerprint density at radius 2 is 1.79 bits per heavy atom. The summed E-state index contributed by atoms with van der Waals surface area (Å²) >= 11 is 1.25. The zero-order chi connectivity index (χ0) is 29.6. The average molecular weight is 583 g/mol. The first-order valence-corrected chi connectivity index (χ1v) is 14.0. The zero-order valence-corrected chi connectivity index (χ0v) is 24.4. The van der Waals surface area contributed by atoms with Crippen LogP contribution in [-0.4, -0.2) is 31.4 Å². The predicted octanol–water partition coefficient (Wildman–Crippen LogP) is 4.56. The second-order valence-electron chi connectivity index (χ2n) is 9.43. The summed E-state index contributed by atoms with van der Waals surface area (Å²) < 4.78 is 24.3. The molecule has 0 N–H and O–H groups in total. The van der Waals surface area contributed by atoms with Crippen molar-refractivity contribution in [2.45, 2.75) is 19.6 Å². The van der Waals surface area contributed by atoms with Gasteiger partial charge in [-0.15, -0.1) is 0 Å². The van der Waals surface area contributed by atoms with Gasteiger partial charge in [0.25, 0.3) is 5.56 Å². The van der Waals surface area contributed by atoms with Crippen molar-refractivity contribution in [2.24, 2.45) is 4.99 Å². The Kier molecular flexibility index (Phi) is 8.68. The van der Waals surface area contributed by atoms with Crippen LogP contribution >= 0.6 is 11.3 Å². The van der Waals surface area contributed by atoms with E-state index in [1.54, 1.807) is 43.9 Å². The number of esters is 1. The van der Waals surface area contributed by atoms with Gasteiger partial charge in [-0.3, -0.25) is 9.36 Å². The van der Waals surface area contributed by atoms with E-state index in [2.05, 4.69) is 11.6 Å². The molecule has 214 valence electrons. The van der Waals surface area contributed by atoms with E-state index in [1.807, 2.05) is 60.7 Å². The molecule has 4 aromatic rings. The van der Waals surface area contributed by atoms with E-state index < -0.39 is 12.0 Å². The molecule has 1 atom stereocenters. The number of methoxy groups -OCH3 is 2. The first kappa shape index (κ1) is 28.6. The van der Waals surface area contributed by atoms with Crippen molar-refractivity contribution < 1.29 is 23.7 Å². The van der Waals surface area contributed by atoms with Gasteiger partial charge >= 0.3 is 5.97 Å². The van der Waals surface area contributed by atoms with Gasteiger partial charge in [0, 0.05) is 0 Å². The van der Waals surface area contributed by atoms with Crippen LogP contribution in [0.15, 0.2) is 107 Å². The van der Waals surface area contributed by atoms with Crippen molar-refractivity contribution in [2.75, 3.05) is 20.8 Å². The van der Waals surface area contributed by atoms with Gasteiger partial charge in [-0.1, -0.05) is 72.5 Å². The van der Waals surface area contributed by atoms with Gasteiger partial charge in [0.1, 0.15) is 19.0 Å². The maximum atomic E-state index is 13.9. The number of hydrogen-bond acceptors (Lipinski definition) is 8. The van der Waals surface area contributed by atoms with Gasteiger partial charge in [0.15, 0.2) is 16.3 Å². The number of carbonyl (C=O) groups is 1. The quantitative estimate of drug-likeness (QED) is 0.201. The Balaban J connectivity index is 1.55. The Morgan fingerprint density at radius 3 is 2.48 bits per heavy atom. The van der Waals surface area contributed by atoms with Crippen LogP contribution < -0.4 is 29.1 Å². The van der Waals surface area contributed by atoms with Crippen molar-refractivity contribution in [3.63, 3.8) is 0 Å². The fraction of sp³-hybridized carbons (Fsp3) is 0.182. The number of thiazole rings is 1. The standard InChI is InChI=1S/C33H30N2O6S/c1-5-17-40-32(37)29-21(2)34-33-35(30(29)24-12-14-25(38-3)15-13-24)31(36)28(42-33)19-23-11-16-26(27(18-23)39-4)41-20-22-9-7-6-8-10-22/h5-16,18-19,30H,1,17,20H2,2-4H3/b28-19+/t30-/m1/s1. The summed E-state index contributed by atoms with van der Waals surface area (Å²) in [5.41, 5.74) is 3.03. The summed E-state index contributed by atoms with van der Waals surface area (Å²) in [6.07, 6.45) is 3.28. The second kappa shape index (κ2) is 12.7. The van der Waals surface area contributed by atoms with Gasteiger partial charge in [-0.05, 0) is 54.0 Å². The lowest BCUT2D eigenvalue weighted by molar-refractivity contribution is -0.138. The van der Waals surface area contributed by atoms with Gasteiger partial charge < -0.3 is 18.9 Å². The van der Waals surface area contributed by atoms with Crippen molar-refractivity contribution >= 4 is 23.4 Å². The van der Waals surface area contributed by atoms with Crippen LogP contribution in [0.3, 0.4) is 0 Å². The molecule has 1 aliphatic heterocycles. The third-order valence-corrected chi connectivity index (χ3v) is 7.71. The number of carbonyl (C=O) groups excluding carboxylic acids is 1. The van der Waals surface area contributed by atoms with Crippen LogP contribution in [-0.2, 0) is 16.1 Å². The maximum absolute atomic E-state index is 13.9. The molecule has 0 spiro atoms. The lowest BCUT2D eigenvalue weighted by atomic mass is 9.96. The van der Waals surface area contributed by atoms with Crippen molar-refractivity contribution in [1.29, 1.82) is 0 Å². The lowest BCUT2D eigenvalue weighted by Crippen LogP contribution is -2.39. The molecule has 0 amide bonds. The molecule has 0 saturated carbocycles. The number of hydrogen-bond donors (Lipinski definition) is 0. The summed E-state index contributed by atoms with van der Waals surface area (Å²) in [5.74, 6) is 1.25. The molecule has 1 aliphatic rings. The molecule has 2 heterocycles. The molecule has 1 aromatic heterocycles. The SMILES string of the molecule is C=CCOC(=O)C1=C(C)N=c2s/c(=C/c3ccc(OCc4ccccc4)c(OC)c3)c(=O)n2[C@@H]1c1ccc(OC)cc1. The van der Waals surface area contributed by atoms with Gasteiger partial charge in [-0.2, -0.15) is 0 Å². The summed E-state index contributed by atoms with van der Waals surface area (Å²) in [6, 6.07) is 21.9. The molecular formula is C33H30N2O6S. The fourth-order valence-electron chi connectivity index (χ4n) is 4.68. The van der Waals surface area contributed by atoms with E-state index in [0.717, 1.165) is 16.7 Å². The highest BCUT2D eigenvalue weighted by molar-refractivity contribution is 7.07. The Bertz CT molecular complexity index is 1820. The topological polar surface area (TPSA) is 88.4 Å². The van der Waals surface area contributed by atoms with E-state index in [0.29, 0.717) is 44.5 Å². The number of ether oxygens (including phenoxy) is 4. The van der Waals surface area contributed by atoms with Crippen LogP contribution in [0.2, 0.25) is 0 Å². The van der Waals surface area contributed by atoms with Crippen molar-refractivity contribution in [3.05, 3.63) is 133 Å². The Morgan fingerprint density at radius 1 is 1.02 bits per heavy atom. The predicted molar refractivity (Wildman–Crippen MR) is 162 cm³/mol. The van der Waals surface area contributed by atoms with Gasteiger partial charge in [0.2, 0.25) is 0 Å². The number of aromatic nitrogens is 1. The van der Waals surface area contributed by atoms with E-state index in [1.165, 1.54) is 17.4 Å². The Labute approximate surface area is 247 Å². The summed E-state index contributed by atoms with van der Waals surface area (Å²) in [5, 5.41) is 0. The van der Waals surface area contributed by atoms with Crippen molar-refractivity contribution in [1.82, 2.24) is 4.57 Å². The molecule has 8 nitrogen and oxygen atoms in total. The highest BCUT2D eigenvalue weighted by Gasteiger charge is 2.33. The average Bonchev–Trinajstić information content (AvgIpc) is 3.32. The summed E-state index contributed by atoms with van der Waals surface area (Å²) in [4.78, 5) is 32.2. The van der Waals surface area contributed by atoms with E-state index in [9.17, 15) is 9.59 Å². The number of rotatable bonds is 10. The number of fused-ring (bicyclic) bond motifs is 1. The Hall–Kier alpha value is -4.89. The highest BCUT2D eigenvalue weighted by atomic mass is 32.1. The fourth-order valence-corrected chi connectivity index (χ4v) is 5.72. The normalized spacial score (nSPS) is 14.5. The lowest BCUT2D eigenvalue weighted by Gasteiger charge is -2.24. The minimum atomic E-state index is -0.727. The molecule has 0 saturated heterocycles. The first-order valence-electron chi connectivity index (χ1n) is 13.2. The summed E-state index contributed by atoms with van der Waals surface area (Å²) in [6.45, 7) is 5.81. The highest BCUT2D eigenvalue weighted by Crippen LogP contribution is 2.32. The van der Waals surface area contributed by atoms with Crippen LogP contribution in [0, 0.1) is 0 Å². The van der Waals surface area contributed by atoms with Crippen LogP contribution in [0.4, 0.5) is 0 Å². The largest absolute Gasteiger partial charge is 0.497 e. The number of benzene rings is 3. The molecule has 0 aliphatic carbocycles. The third-order valence-electron chi connectivity index (χ3n) is 6.73. The maximum Gasteiger partial charge on any atom is 0.338 e.